The molecule has 1 aromatic carbocycles. The van der Waals surface area contributed by atoms with Gasteiger partial charge >= 0.3 is 0 Å². The average Bonchev–Trinajstić information content (AvgIpc) is 2.35. The molecule has 0 saturated heterocycles. The monoisotopic (exact) mass is 206 g/mol. The molecule has 0 nitrogen and oxygen atoms in total. The molecule has 86 valence electrons. The second-order valence-corrected chi connectivity index (χ2v) is 2.80. The first-order valence-electron chi connectivity index (χ1n) is 5.98. The van der Waals surface area contributed by atoms with Crippen molar-refractivity contribution in [1.82, 2.24) is 0 Å². The van der Waals surface area contributed by atoms with E-state index in [1.165, 1.54) is 11.1 Å². The fourth-order valence-corrected chi connectivity index (χ4v) is 1.02. The molecule has 0 aliphatic rings. The maximum Gasteiger partial charge on any atom is -0.00700 e. The standard InChI is InChI=1S/C11H14.2C2H6/c1-3-10(2)9-11-7-5-4-6-8-11;2*1-2/h3-8H,9H2,1-2H3;2*1-2H3/b10-3-;;. The highest BCUT2D eigenvalue weighted by Crippen LogP contribution is 2.05. The minimum Gasteiger partial charge on any atom is -0.0884 e. The van der Waals surface area contributed by atoms with Crippen LogP contribution in [0, 0.1) is 0 Å². The maximum atomic E-state index is 2.16. The first-order valence-corrected chi connectivity index (χ1v) is 5.98. The van der Waals surface area contributed by atoms with E-state index < -0.39 is 0 Å². The summed E-state index contributed by atoms with van der Waals surface area (Å²) in [6.45, 7) is 12.2. The first kappa shape index (κ1) is 16.4. The predicted octanol–water partition coefficient (Wildman–Crippen LogP) is 5.25. The highest BCUT2D eigenvalue weighted by molar-refractivity contribution is 5.20. The Balaban J connectivity index is 0. The zero-order chi connectivity index (χ0) is 12.1. The van der Waals surface area contributed by atoms with Crippen molar-refractivity contribution >= 4 is 0 Å². The molecule has 0 amide bonds. The van der Waals surface area contributed by atoms with Crippen LogP contribution in [0.2, 0.25) is 0 Å². The Kier molecular flexibility index (Phi) is 14.2. The molecule has 15 heavy (non-hydrogen) atoms. The Morgan fingerprint density at radius 2 is 1.47 bits per heavy atom. The van der Waals surface area contributed by atoms with Crippen LogP contribution in [0.4, 0.5) is 0 Å². The molecule has 0 N–H and O–H groups in total. The van der Waals surface area contributed by atoms with Gasteiger partial charge in [-0.15, -0.1) is 0 Å². The highest BCUT2D eigenvalue weighted by atomic mass is 14.0. The Bertz CT molecular complexity index is 231. The molecule has 0 radical (unpaired) electrons. The fourth-order valence-electron chi connectivity index (χ4n) is 1.02. The topological polar surface area (TPSA) is 0 Å². The summed E-state index contributed by atoms with van der Waals surface area (Å²) in [7, 11) is 0. The lowest BCUT2D eigenvalue weighted by Crippen LogP contribution is -1.84. The average molecular weight is 206 g/mol. The molecule has 0 aromatic heterocycles. The van der Waals surface area contributed by atoms with Gasteiger partial charge < -0.3 is 0 Å². The molecule has 0 unspecified atom stereocenters. The van der Waals surface area contributed by atoms with E-state index in [0.29, 0.717) is 0 Å². The third-order valence-corrected chi connectivity index (χ3v) is 1.82. The van der Waals surface area contributed by atoms with Crippen molar-refractivity contribution in [2.24, 2.45) is 0 Å². The van der Waals surface area contributed by atoms with E-state index in [4.69, 9.17) is 0 Å². The van der Waals surface area contributed by atoms with Crippen LogP contribution in [-0.2, 0) is 6.42 Å². The van der Waals surface area contributed by atoms with Gasteiger partial charge in [-0.05, 0) is 25.8 Å². The van der Waals surface area contributed by atoms with E-state index in [1.807, 2.05) is 27.7 Å². The summed E-state index contributed by atoms with van der Waals surface area (Å²) in [5.41, 5.74) is 2.82. The van der Waals surface area contributed by atoms with Crippen LogP contribution in [0.3, 0.4) is 0 Å². The van der Waals surface area contributed by atoms with Gasteiger partial charge in [-0.3, -0.25) is 0 Å². The van der Waals surface area contributed by atoms with Gasteiger partial charge in [0.25, 0.3) is 0 Å². The Labute approximate surface area is 96.0 Å². The van der Waals surface area contributed by atoms with E-state index >= 15 is 0 Å². The summed E-state index contributed by atoms with van der Waals surface area (Å²) in [6.07, 6.45) is 3.24. The lowest BCUT2D eigenvalue weighted by molar-refractivity contribution is 1.13. The third kappa shape index (κ3) is 9.27. The van der Waals surface area contributed by atoms with Crippen molar-refractivity contribution in [3.05, 3.63) is 47.5 Å². The largest absolute Gasteiger partial charge is 0.0884 e. The minimum absolute atomic E-state index is 1.08. The van der Waals surface area contributed by atoms with Crippen LogP contribution in [0.5, 0.6) is 0 Å². The maximum absolute atomic E-state index is 2.16. The number of hydrogen-bond donors (Lipinski definition) is 0. The van der Waals surface area contributed by atoms with Crippen LogP contribution in [0.15, 0.2) is 42.0 Å². The zero-order valence-electron chi connectivity index (χ0n) is 11.2. The zero-order valence-corrected chi connectivity index (χ0v) is 11.2. The summed E-state index contributed by atoms with van der Waals surface area (Å²) in [6, 6.07) is 10.5. The first-order chi connectivity index (χ1) is 7.33. The Morgan fingerprint density at radius 3 is 1.87 bits per heavy atom. The van der Waals surface area contributed by atoms with Crippen LogP contribution in [0.1, 0.15) is 47.1 Å². The van der Waals surface area contributed by atoms with Crippen LogP contribution >= 0.6 is 0 Å². The molecule has 0 spiro atoms. The number of rotatable bonds is 2. The van der Waals surface area contributed by atoms with Gasteiger partial charge in [-0.25, -0.2) is 0 Å². The summed E-state index contributed by atoms with van der Waals surface area (Å²) >= 11 is 0. The van der Waals surface area contributed by atoms with Crippen molar-refractivity contribution in [1.29, 1.82) is 0 Å². The molecule has 0 saturated carbocycles. The normalized spacial score (nSPS) is 9.33. The minimum atomic E-state index is 1.08. The van der Waals surface area contributed by atoms with E-state index in [1.54, 1.807) is 0 Å². The molecule has 1 aromatic rings. The van der Waals surface area contributed by atoms with Gasteiger partial charge in [-0.1, -0.05) is 69.7 Å². The number of benzene rings is 1. The summed E-state index contributed by atoms with van der Waals surface area (Å²) in [5.74, 6) is 0. The second kappa shape index (κ2) is 13.0. The molecule has 1 rings (SSSR count). The highest BCUT2D eigenvalue weighted by Gasteiger charge is 1.90. The molecule has 0 fully saturated rings. The molecule has 0 heteroatoms. The van der Waals surface area contributed by atoms with Crippen molar-refractivity contribution < 1.29 is 0 Å². The molecular weight excluding hydrogens is 180 g/mol. The van der Waals surface area contributed by atoms with E-state index in [-0.39, 0.29) is 0 Å². The molecule has 0 atom stereocenters. The van der Waals surface area contributed by atoms with Crippen molar-refractivity contribution in [3.8, 4) is 0 Å². The van der Waals surface area contributed by atoms with Crippen LogP contribution in [0.25, 0.3) is 0 Å². The van der Waals surface area contributed by atoms with Crippen LogP contribution < -0.4 is 0 Å². The smallest absolute Gasteiger partial charge is 0.00700 e. The lowest BCUT2D eigenvalue weighted by atomic mass is 10.1. The van der Waals surface area contributed by atoms with Gasteiger partial charge in [0.15, 0.2) is 0 Å². The van der Waals surface area contributed by atoms with Gasteiger partial charge in [0.2, 0.25) is 0 Å². The molecule has 0 bridgehead atoms. The summed E-state index contributed by atoms with van der Waals surface area (Å²) in [5, 5.41) is 0. The van der Waals surface area contributed by atoms with Gasteiger partial charge in [0.05, 0.1) is 0 Å². The van der Waals surface area contributed by atoms with Gasteiger partial charge in [0.1, 0.15) is 0 Å². The third-order valence-electron chi connectivity index (χ3n) is 1.82. The summed E-state index contributed by atoms with van der Waals surface area (Å²) < 4.78 is 0. The number of hydrogen-bond acceptors (Lipinski definition) is 0. The lowest BCUT2D eigenvalue weighted by Gasteiger charge is -1.99. The van der Waals surface area contributed by atoms with E-state index in [9.17, 15) is 0 Å². The molecule has 0 aliphatic carbocycles. The summed E-state index contributed by atoms with van der Waals surface area (Å²) in [4.78, 5) is 0. The van der Waals surface area contributed by atoms with E-state index in [0.717, 1.165) is 6.42 Å². The molecule has 0 aliphatic heterocycles. The quantitative estimate of drug-likeness (QED) is 0.580. The Hall–Kier alpha value is -1.04. The van der Waals surface area contributed by atoms with Crippen LogP contribution in [-0.4, -0.2) is 0 Å². The fraction of sp³-hybridized carbons (Fsp3) is 0.467. The molecule has 0 heterocycles. The van der Waals surface area contributed by atoms with Crippen molar-refractivity contribution in [2.75, 3.05) is 0 Å². The predicted molar refractivity (Wildman–Crippen MR) is 72.3 cm³/mol. The van der Waals surface area contributed by atoms with Gasteiger partial charge in [-0.2, -0.15) is 0 Å². The van der Waals surface area contributed by atoms with Crippen molar-refractivity contribution in [3.63, 3.8) is 0 Å². The van der Waals surface area contributed by atoms with Crippen molar-refractivity contribution in [2.45, 2.75) is 48.0 Å². The SMILES string of the molecule is C/C=C(/C)Cc1ccccc1.CC.CC. The van der Waals surface area contributed by atoms with Gasteiger partial charge in [0, 0.05) is 0 Å². The molecular formula is C15H26. The van der Waals surface area contributed by atoms with E-state index in [2.05, 4.69) is 50.3 Å². The second-order valence-electron chi connectivity index (χ2n) is 2.80. The Morgan fingerprint density at radius 1 is 1.00 bits per heavy atom. The number of allylic oxidation sites excluding steroid dienone is 2.